The smallest absolute Gasteiger partial charge is 0.256 e. The van der Waals surface area contributed by atoms with Crippen molar-refractivity contribution in [3.8, 4) is 17.0 Å². The predicted octanol–water partition coefficient (Wildman–Crippen LogP) is 8.18. The van der Waals surface area contributed by atoms with Gasteiger partial charge in [0.25, 0.3) is 5.91 Å². The van der Waals surface area contributed by atoms with Gasteiger partial charge in [0.2, 0.25) is 17.7 Å². The van der Waals surface area contributed by atoms with Crippen LogP contribution in [-0.4, -0.2) is 82.0 Å². The number of carbonyl (C=O) groups excluding carboxylic acids is 4. The fourth-order valence-corrected chi connectivity index (χ4v) is 8.84. The van der Waals surface area contributed by atoms with Crippen LogP contribution in [-0.2, 0) is 19.2 Å². The third-order valence-corrected chi connectivity index (χ3v) is 12.9. The van der Waals surface area contributed by atoms with Gasteiger partial charge in [0.1, 0.15) is 17.3 Å². The standard InChI is InChI=1S/C23H34N4O4S.C16H13NO2.C6H12.C2H6/c1-2-16-15-23(16,22(31)25-32-17-8-9-17)24-21(30)18-7-6-14-27(18)20(29)11-10-19(28)26-12-4-3-5-13-26;1-19-12-7-8-13-15(9-12)17-14(10-16(13)18)11-5-3-2-4-6-11;1-6-4-2-3-5-6;1-2/h2,16-18H,1,3-15H2,(H,24,30)(H,25,31);2-10H,1H3,(H,17,18);6H,2-5H2,1H3;1-2H3/t16?,18-,23+;;;/m0.../s1. The highest BCUT2D eigenvalue weighted by atomic mass is 32.2. The van der Waals surface area contributed by atoms with E-state index in [9.17, 15) is 24.0 Å². The number of pyridine rings is 1. The van der Waals surface area contributed by atoms with E-state index in [1.54, 1.807) is 36.3 Å². The summed E-state index contributed by atoms with van der Waals surface area (Å²) in [6, 6.07) is 16.2. The van der Waals surface area contributed by atoms with Gasteiger partial charge in [-0.3, -0.25) is 28.7 Å². The van der Waals surface area contributed by atoms with Gasteiger partial charge in [-0.05, 0) is 86.9 Å². The summed E-state index contributed by atoms with van der Waals surface area (Å²) in [5, 5.41) is 4.09. The van der Waals surface area contributed by atoms with E-state index >= 15 is 0 Å². The molecule has 320 valence electrons. The first-order valence-corrected chi connectivity index (χ1v) is 22.7. The molecule has 5 fully saturated rings. The summed E-state index contributed by atoms with van der Waals surface area (Å²) in [6.45, 7) is 12.2. The van der Waals surface area contributed by atoms with Gasteiger partial charge >= 0.3 is 0 Å². The van der Waals surface area contributed by atoms with E-state index in [0.29, 0.717) is 30.0 Å². The Morgan fingerprint density at radius 2 is 1.58 bits per heavy atom. The molecule has 0 radical (unpaired) electrons. The molecule has 3 aromatic rings. The quantitative estimate of drug-likeness (QED) is 0.131. The lowest BCUT2D eigenvalue weighted by Crippen LogP contribution is -2.55. The zero-order valence-corrected chi connectivity index (χ0v) is 36.4. The molecule has 3 aliphatic carbocycles. The molecular formula is C47H65N5O6S. The first-order chi connectivity index (χ1) is 28.6. The highest BCUT2D eigenvalue weighted by Gasteiger charge is 2.60. The van der Waals surface area contributed by atoms with Gasteiger partial charge in [0, 0.05) is 66.9 Å². The molecule has 12 heteroatoms. The topological polar surface area (TPSA) is 141 Å². The SMILES string of the molecule is C=CC1C[C@]1(NC(=O)[C@@H]1CCCN1C(=O)CCC(=O)N1CCCCC1)C(=O)NSC1CC1.CC.CC1CCCC1.COc1ccc2c(=O)cc(-c3ccccc3)[nH]c2c1. The van der Waals surface area contributed by atoms with Crippen molar-refractivity contribution in [1.82, 2.24) is 24.8 Å². The van der Waals surface area contributed by atoms with Crippen LogP contribution in [0.1, 0.15) is 111 Å². The summed E-state index contributed by atoms with van der Waals surface area (Å²) < 4.78 is 8.08. The van der Waals surface area contributed by atoms with Gasteiger partial charge in [-0.1, -0.05) is 82.9 Å². The highest BCUT2D eigenvalue weighted by Crippen LogP contribution is 2.46. The Balaban J connectivity index is 0.000000205. The number of nitrogens with one attached hydrogen (secondary N) is 3. The Morgan fingerprint density at radius 3 is 2.19 bits per heavy atom. The number of hydrogen-bond acceptors (Lipinski definition) is 7. The van der Waals surface area contributed by atoms with Crippen LogP contribution in [0.5, 0.6) is 5.75 Å². The number of methoxy groups -OCH3 is 1. The number of hydrogen-bond donors (Lipinski definition) is 3. The molecule has 1 aromatic heterocycles. The average Bonchev–Trinajstić information content (AvgIpc) is 4.12. The summed E-state index contributed by atoms with van der Waals surface area (Å²) in [4.78, 5) is 70.0. The lowest BCUT2D eigenvalue weighted by Gasteiger charge is -2.28. The van der Waals surface area contributed by atoms with Crippen molar-refractivity contribution >= 4 is 46.5 Å². The molecule has 4 amide bonds. The largest absolute Gasteiger partial charge is 0.497 e. The van der Waals surface area contributed by atoms with E-state index in [1.165, 1.54) is 37.6 Å². The molecule has 1 unspecified atom stereocenters. The maximum Gasteiger partial charge on any atom is 0.256 e. The number of likely N-dealkylation sites (tertiary alicyclic amines) is 2. The average molecular weight is 828 g/mol. The maximum atomic E-state index is 13.1. The second-order valence-corrected chi connectivity index (χ2v) is 17.3. The van der Waals surface area contributed by atoms with Crippen molar-refractivity contribution in [2.45, 2.75) is 127 Å². The summed E-state index contributed by atoms with van der Waals surface area (Å²) in [7, 11) is 1.61. The monoisotopic (exact) mass is 827 g/mol. The lowest BCUT2D eigenvalue weighted by atomic mass is 10.1. The zero-order chi connectivity index (χ0) is 42.4. The van der Waals surface area contributed by atoms with E-state index in [1.807, 2.05) is 55.1 Å². The van der Waals surface area contributed by atoms with E-state index in [2.05, 4.69) is 28.5 Å². The number of aromatic nitrogens is 1. The van der Waals surface area contributed by atoms with Gasteiger partial charge in [-0.15, -0.1) is 6.58 Å². The molecule has 2 aliphatic heterocycles. The first-order valence-electron chi connectivity index (χ1n) is 21.9. The van der Waals surface area contributed by atoms with Crippen LogP contribution in [0.3, 0.4) is 0 Å². The number of piperidine rings is 1. The number of carbonyl (C=O) groups is 4. The number of benzene rings is 2. The number of aromatic amines is 1. The Hall–Kier alpha value is -4.58. The molecule has 2 saturated heterocycles. The molecule has 2 aromatic carbocycles. The van der Waals surface area contributed by atoms with Crippen LogP contribution in [0.4, 0.5) is 0 Å². The number of fused-ring (bicyclic) bond motifs is 1. The third-order valence-electron chi connectivity index (χ3n) is 11.8. The van der Waals surface area contributed by atoms with Crippen LogP contribution in [0.25, 0.3) is 22.2 Å². The van der Waals surface area contributed by atoms with Crippen LogP contribution >= 0.6 is 11.9 Å². The van der Waals surface area contributed by atoms with Crippen LogP contribution in [0, 0.1) is 11.8 Å². The third kappa shape index (κ3) is 12.5. The van der Waals surface area contributed by atoms with Crippen LogP contribution in [0.15, 0.2) is 72.0 Å². The number of nitrogens with zero attached hydrogens (tertiary/aromatic N) is 2. The van der Waals surface area contributed by atoms with Crippen molar-refractivity contribution in [3.05, 3.63) is 77.5 Å². The van der Waals surface area contributed by atoms with Gasteiger partial charge in [-0.25, -0.2) is 0 Å². The zero-order valence-electron chi connectivity index (χ0n) is 35.6. The van der Waals surface area contributed by atoms with E-state index in [4.69, 9.17) is 4.74 Å². The fourth-order valence-electron chi connectivity index (χ4n) is 8.01. The predicted molar refractivity (Wildman–Crippen MR) is 238 cm³/mol. The minimum absolute atomic E-state index is 0.00950. The van der Waals surface area contributed by atoms with Crippen molar-refractivity contribution in [2.24, 2.45) is 11.8 Å². The second kappa shape index (κ2) is 22.1. The molecule has 5 aliphatic rings. The van der Waals surface area contributed by atoms with Gasteiger partial charge in [0.15, 0.2) is 5.43 Å². The Bertz CT molecular complexity index is 1940. The number of amides is 4. The number of ether oxygens (including phenoxy) is 1. The van der Waals surface area contributed by atoms with Gasteiger partial charge < -0.3 is 24.8 Å². The Labute approximate surface area is 354 Å². The van der Waals surface area contributed by atoms with Gasteiger partial charge in [-0.2, -0.15) is 0 Å². The number of rotatable bonds is 11. The summed E-state index contributed by atoms with van der Waals surface area (Å²) >= 11 is 1.43. The first kappa shape index (κ1) is 45.5. The molecule has 3 N–H and O–H groups in total. The summed E-state index contributed by atoms with van der Waals surface area (Å²) in [6.07, 6.45) is 15.2. The Morgan fingerprint density at radius 1 is 0.881 bits per heavy atom. The molecular weight excluding hydrogens is 763 g/mol. The maximum absolute atomic E-state index is 13.1. The number of H-pyrrole nitrogens is 1. The van der Waals surface area contributed by atoms with Crippen molar-refractivity contribution < 1.29 is 23.9 Å². The van der Waals surface area contributed by atoms with Crippen molar-refractivity contribution in [3.63, 3.8) is 0 Å². The molecule has 59 heavy (non-hydrogen) atoms. The van der Waals surface area contributed by atoms with Crippen molar-refractivity contribution in [1.29, 1.82) is 0 Å². The Kier molecular flexibility index (Phi) is 17.1. The van der Waals surface area contributed by atoms with Gasteiger partial charge in [0.05, 0.1) is 12.6 Å². The van der Waals surface area contributed by atoms with Crippen LogP contribution < -0.4 is 20.2 Å². The lowest BCUT2D eigenvalue weighted by molar-refractivity contribution is -0.141. The van der Waals surface area contributed by atoms with E-state index in [-0.39, 0.29) is 47.8 Å². The van der Waals surface area contributed by atoms with E-state index in [0.717, 1.165) is 80.1 Å². The summed E-state index contributed by atoms with van der Waals surface area (Å²) in [5.74, 6) is 1.07. The molecule has 0 bridgehead atoms. The molecule has 3 saturated carbocycles. The van der Waals surface area contributed by atoms with E-state index < -0.39 is 11.6 Å². The second-order valence-electron chi connectivity index (χ2n) is 16.2. The normalized spacial score (nSPS) is 22.0. The fraction of sp³-hybridized carbons (Fsp3) is 0.553. The molecule has 3 heterocycles. The van der Waals surface area contributed by atoms with Crippen LogP contribution in [0.2, 0.25) is 0 Å². The molecule has 3 atom stereocenters. The molecule has 0 spiro atoms. The van der Waals surface area contributed by atoms with Crippen molar-refractivity contribution in [2.75, 3.05) is 26.7 Å². The minimum atomic E-state index is -0.956. The minimum Gasteiger partial charge on any atom is -0.497 e. The molecule has 8 rings (SSSR count). The highest BCUT2D eigenvalue weighted by molar-refractivity contribution is 7.98. The molecule has 11 nitrogen and oxygen atoms in total. The summed E-state index contributed by atoms with van der Waals surface area (Å²) in [5.41, 5.74) is 1.64.